The lowest BCUT2D eigenvalue weighted by Crippen LogP contribution is -2.05. The van der Waals surface area contributed by atoms with E-state index in [9.17, 15) is 0 Å². The summed E-state index contributed by atoms with van der Waals surface area (Å²) in [4.78, 5) is 0. The number of anilines is 1. The molecule has 1 aromatic rings. The molecule has 0 aliphatic carbocycles. The van der Waals surface area contributed by atoms with Crippen LogP contribution < -0.4 is 11.5 Å². The van der Waals surface area contributed by atoms with E-state index in [1.165, 1.54) is 0 Å². The van der Waals surface area contributed by atoms with Gasteiger partial charge in [-0.2, -0.15) is 12.6 Å². The van der Waals surface area contributed by atoms with Gasteiger partial charge >= 0.3 is 0 Å². The second-order valence-corrected chi connectivity index (χ2v) is 2.63. The third-order valence-corrected chi connectivity index (χ3v) is 1.59. The summed E-state index contributed by atoms with van der Waals surface area (Å²) in [5, 5.41) is -0.277. The molecule has 0 heterocycles. The number of nitrogens with two attached hydrogens (primary N) is 2. The van der Waals surface area contributed by atoms with E-state index in [1.807, 2.05) is 24.3 Å². The van der Waals surface area contributed by atoms with Crippen LogP contribution in [0.25, 0.3) is 0 Å². The largest absolute Gasteiger partial charge is 0.398 e. The van der Waals surface area contributed by atoms with Crippen molar-refractivity contribution in [3.63, 3.8) is 0 Å². The molecule has 0 fully saturated rings. The molecule has 0 spiro atoms. The molecule has 0 aliphatic heterocycles. The van der Waals surface area contributed by atoms with Crippen LogP contribution in [0.5, 0.6) is 0 Å². The summed E-state index contributed by atoms with van der Waals surface area (Å²) < 4.78 is 0. The van der Waals surface area contributed by atoms with E-state index >= 15 is 0 Å². The summed E-state index contributed by atoms with van der Waals surface area (Å²) in [5.41, 5.74) is 12.7. The molecule has 0 unspecified atom stereocenters. The first-order chi connectivity index (χ1) is 4.72. The molecular formula is C7H10N2S. The first kappa shape index (κ1) is 7.44. The standard InChI is InChI=1S/C7H10N2S/c8-6-4-2-1-3-5(6)7(9)10/h1-4,7,10H,8-9H2/t7-/m1/s1. The number of hydrogen-bond donors (Lipinski definition) is 3. The Morgan fingerprint density at radius 3 is 2.30 bits per heavy atom. The highest BCUT2D eigenvalue weighted by Gasteiger charge is 2.01. The number of thiol groups is 1. The molecule has 54 valence electrons. The fraction of sp³-hybridized carbons (Fsp3) is 0.143. The van der Waals surface area contributed by atoms with Gasteiger partial charge in [0.15, 0.2) is 0 Å². The molecule has 0 bridgehead atoms. The third-order valence-electron chi connectivity index (χ3n) is 1.31. The Morgan fingerprint density at radius 1 is 1.30 bits per heavy atom. The van der Waals surface area contributed by atoms with Crippen molar-refractivity contribution in [3.8, 4) is 0 Å². The van der Waals surface area contributed by atoms with Gasteiger partial charge in [0.1, 0.15) is 0 Å². The topological polar surface area (TPSA) is 52.0 Å². The SMILES string of the molecule is Nc1ccccc1[C@H](N)S. The monoisotopic (exact) mass is 154 g/mol. The Morgan fingerprint density at radius 2 is 1.90 bits per heavy atom. The fourth-order valence-electron chi connectivity index (χ4n) is 0.780. The van der Waals surface area contributed by atoms with Gasteiger partial charge in [0.25, 0.3) is 0 Å². The van der Waals surface area contributed by atoms with Crippen LogP contribution in [-0.4, -0.2) is 0 Å². The smallest absolute Gasteiger partial charge is 0.0754 e. The third kappa shape index (κ3) is 1.43. The number of nitrogen functional groups attached to an aromatic ring is 1. The Balaban J connectivity index is 3.03. The zero-order valence-corrected chi connectivity index (χ0v) is 6.38. The molecule has 1 rings (SSSR count). The average Bonchev–Trinajstić information content (AvgIpc) is 1.88. The number of hydrogen-bond acceptors (Lipinski definition) is 3. The zero-order chi connectivity index (χ0) is 7.56. The van der Waals surface area contributed by atoms with E-state index in [-0.39, 0.29) is 5.37 Å². The molecule has 10 heavy (non-hydrogen) atoms. The van der Waals surface area contributed by atoms with Gasteiger partial charge < -0.3 is 11.5 Å². The van der Waals surface area contributed by atoms with Crippen molar-refractivity contribution < 1.29 is 0 Å². The zero-order valence-electron chi connectivity index (χ0n) is 5.49. The molecule has 0 saturated heterocycles. The number of para-hydroxylation sites is 1. The van der Waals surface area contributed by atoms with E-state index in [2.05, 4.69) is 12.6 Å². The van der Waals surface area contributed by atoms with Crippen molar-refractivity contribution in [1.82, 2.24) is 0 Å². The van der Waals surface area contributed by atoms with E-state index in [4.69, 9.17) is 11.5 Å². The van der Waals surface area contributed by atoms with Crippen molar-refractivity contribution in [2.75, 3.05) is 5.73 Å². The fourth-order valence-corrected chi connectivity index (χ4v) is 1.02. The van der Waals surface area contributed by atoms with Gasteiger partial charge in [-0.3, -0.25) is 0 Å². The minimum Gasteiger partial charge on any atom is -0.398 e. The van der Waals surface area contributed by atoms with Gasteiger partial charge in [0.2, 0.25) is 0 Å². The lowest BCUT2D eigenvalue weighted by molar-refractivity contribution is 1.05. The Bertz CT molecular complexity index is 223. The summed E-state index contributed by atoms with van der Waals surface area (Å²) in [6.07, 6.45) is 0. The Labute approximate surface area is 65.6 Å². The molecular weight excluding hydrogens is 144 g/mol. The van der Waals surface area contributed by atoms with Crippen LogP contribution in [0.4, 0.5) is 5.69 Å². The normalized spacial score (nSPS) is 13.0. The number of rotatable bonds is 1. The first-order valence-corrected chi connectivity index (χ1v) is 3.51. The summed E-state index contributed by atoms with van der Waals surface area (Å²) in [6.45, 7) is 0. The van der Waals surface area contributed by atoms with Crippen molar-refractivity contribution >= 4 is 18.3 Å². The molecule has 0 amide bonds. The maximum atomic E-state index is 5.59. The van der Waals surface area contributed by atoms with Gasteiger partial charge in [-0.15, -0.1) is 0 Å². The van der Waals surface area contributed by atoms with Crippen LogP contribution >= 0.6 is 12.6 Å². The molecule has 0 radical (unpaired) electrons. The second-order valence-electron chi connectivity index (χ2n) is 2.07. The summed E-state index contributed by atoms with van der Waals surface area (Å²) in [7, 11) is 0. The number of benzene rings is 1. The second kappa shape index (κ2) is 2.94. The summed E-state index contributed by atoms with van der Waals surface area (Å²) in [6, 6.07) is 7.44. The lowest BCUT2D eigenvalue weighted by atomic mass is 10.2. The minimum atomic E-state index is -0.277. The highest BCUT2D eigenvalue weighted by molar-refractivity contribution is 7.80. The van der Waals surface area contributed by atoms with Gasteiger partial charge in [-0.05, 0) is 6.07 Å². The molecule has 0 aliphatic rings. The van der Waals surface area contributed by atoms with E-state index in [0.717, 1.165) is 5.56 Å². The van der Waals surface area contributed by atoms with Crippen molar-refractivity contribution in [2.24, 2.45) is 5.73 Å². The molecule has 4 N–H and O–H groups in total. The van der Waals surface area contributed by atoms with Crippen molar-refractivity contribution in [1.29, 1.82) is 0 Å². The van der Waals surface area contributed by atoms with Crippen LogP contribution in [-0.2, 0) is 0 Å². The molecule has 0 saturated carbocycles. The molecule has 1 atom stereocenters. The van der Waals surface area contributed by atoms with Crippen LogP contribution in [0, 0.1) is 0 Å². The molecule has 2 nitrogen and oxygen atoms in total. The predicted octanol–water partition coefficient (Wildman–Crippen LogP) is 1.16. The molecule has 1 aromatic carbocycles. The highest BCUT2D eigenvalue weighted by Crippen LogP contribution is 2.19. The van der Waals surface area contributed by atoms with Crippen LogP contribution in [0.2, 0.25) is 0 Å². The summed E-state index contributed by atoms with van der Waals surface area (Å²) >= 11 is 4.06. The van der Waals surface area contributed by atoms with E-state index in [1.54, 1.807) is 0 Å². The maximum Gasteiger partial charge on any atom is 0.0754 e. The van der Waals surface area contributed by atoms with Crippen LogP contribution in [0.1, 0.15) is 10.9 Å². The van der Waals surface area contributed by atoms with Crippen molar-refractivity contribution in [3.05, 3.63) is 29.8 Å². The average molecular weight is 154 g/mol. The first-order valence-electron chi connectivity index (χ1n) is 3.00. The Hall–Kier alpha value is -0.670. The molecule has 3 heteroatoms. The molecule has 0 aromatic heterocycles. The van der Waals surface area contributed by atoms with E-state index < -0.39 is 0 Å². The highest BCUT2D eigenvalue weighted by atomic mass is 32.1. The lowest BCUT2D eigenvalue weighted by Gasteiger charge is -2.06. The van der Waals surface area contributed by atoms with E-state index in [0.29, 0.717) is 5.69 Å². The summed E-state index contributed by atoms with van der Waals surface area (Å²) in [5.74, 6) is 0. The van der Waals surface area contributed by atoms with Crippen LogP contribution in [0.15, 0.2) is 24.3 Å². The van der Waals surface area contributed by atoms with Gasteiger partial charge in [0.05, 0.1) is 5.37 Å². The maximum absolute atomic E-state index is 5.59. The van der Waals surface area contributed by atoms with Crippen molar-refractivity contribution in [2.45, 2.75) is 5.37 Å². The minimum absolute atomic E-state index is 0.277. The quantitative estimate of drug-likeness (QED) is 0.323. The van der Waals surface area contributed by atoms with Crippen LogP contribution in [0.3, 0.4) is 0 Å². The van der Waals surface area contributed by atoms with Gasteiger partial charge in [-0.1, -0.05) is 18.2 Å². The predicted molar refractivity (Wildman–Crippen MR) is 46.8 cm³/mol. The van der Waals surface area contributed by atoms with Gasteiger partial charge in [-0.25, -0.2) is 0 Å². The Kier molecular flexibility index (Phi) is 2.19. The van der Waals surface area contributed by atoms with Gasteiger partial charge in [0, 0.05) is 11.3 Å².